The lowest BCUT2D eigenvalue weighted by Crippen LogP contribution is -2.45. The van der Waals surface area contributed by atoms with Crippen LogP contribution in [0.1, 0.15) is 66.1 Å². The lowest BCUT2D eigenvalue weighted by molar-refractivity contribution is 0.00614. The molecule has 1 aliphatic carbocycles. The van der Waals surface area contributed by atoms with Gasteiger partial charge in [-0.2, -0.15) is 0 Å². The van der Waals surface area contributed by atoms with Crippen molar-refractivity contribution in [3.63, 3.8) is 0 Å². The van der Waals surface area contributed by atoms with Crippen molar-refractivity contribution in [2.45, 2.75) is 50.2 Å². The van der Waals surface area contributed by atoms with E-state index >= 15 is 4.39 Å². The van der Waals surface area contributed by atoms with Gasteiger partial charge in [0.15, 0.2) is 0 Å². The minimum Gasteiger partial charge on any atom is -0.490 e. The summed E-state index contributed by atoms with van der Waals surface area (Å²) in [6, 6.07) is 6.57. The number of halogens is 4. The van der Waals surface area contributed by atoms with Gasteiger partial charge in [0.2, 0.25) is 0 Å². The fourth-order valence-corrected chi connectivity index (χ4v) is 4.60. The van der Waals surface area contributed by atoms with Gasteiger partial charge < -0.3 is 9.84 Å². The number of carboxylic acids is 1. The number of hydrogen-bond donors (Lipinski definition) is 1. The minimum absolute atomic E-state index is 0.0901. The molecule has 2 fully saturated rings. The molecule has 1 saturated heterocycles. The highest BCUT2D eigenvalue weighted by atomic mass is 35.5. The Labute approximate surface area is 189 Å². The second-order valence-corrected chi connectivity index (χ2v) is 9.17. The number of hydrogen-bond acceptors (Lipinski definition) is 3. The second-order valence-electron chi connectivity index (χ2n) is 8.77. The molecule has 1 heterocycles. The van der Waals surface area contributed by atoms with Crippen LogP contribution in [0, 0.1) is 11.6 Å². The fraction of sp³-hybridized carbons (Fsp3) is 0.458. The molecule has 4 rings (SSSR count). The molecule has 2 aromatic carbocycles. The summed E-state index contributed by atoms with van der Waals surface area (Å²) in [4.78, 5) is 13.3. The number of likely N-dealkylation sites (tertiary alicyclic amines) is 1. The van der Waals surface area contributed by atoms with Gasteiger partial charge in [-0.3, -0.25) is 4.90 Å². The first-order valence-electron chi connectivity index (χ1n) is 10.7. The number of carboxylic acid groups (broad SMARTS) is 1. The van der Waals surface area contributed by atoms with Gasteiger partial charge in [0.05, 0.1) is 5.56 Å². The Morgan fingerprint density at radius 2 is 1.94 bits per heavy atom. The zero-order chi connectivity index (χ0) is 23.0. The molecule has 1 aliphatic heterocycles. The summed E-state index contributed by atoms with van der Waals surface area (Å²) in [5.74, 6) is -2.27. The maximum atomic E-state index is 15.5. The number of rotatable bonds is 7. The number of alkyl halides is 1. The van der Waals surface area contributed by atoms with Crippen molar-refractivity contribution in [1.29, 1.82) is 0 Å². The first-order chi connectivity index (χ1) is 15.2. The van der Waals surface area contributed by atoms with Crippen LogP contribution < -0.4 is 4.74 Å². The highest BCUT2D eigenvalue weighted by molar-refractivity contribution is 6.31. The van der Waals surface area contributed by atoms with Gasteiger partial charge in [-0.05, 0) is 67.9 Å². The van der Waals surface area contributed by atoms with Crippen molar-refractivity contribution in [2.24, 2.45) is 0 Å². The second kappa shape index (κ2) is 8.94. The topological polar surface area (TPSA) is 49.8 Å². The largest absolute Gasteiger partial charge is 0.490 e. The molecule has 0 amide bonds. The first kappa shape index (κ1) is 22.9. The van der Waals surface area contributed by atoms with Gasteiger partial charge in [0.1, 0.15) is 29.7 Å². The molecule has 2 aliphatic rings. The molecule has 0 spiro atoms. The smallest absolute Gasteiger partial charge is 0.338 e. The van der Waals surface area contributed by atoms with E-state index in [1.165, 1.54) is 18.2 Å². The third-order valence-electron chi connectivity index (χ3n) is 6.49. The summed E-state index contributed by atoms with van der Waals surface area (Å²) in [6.45, 7) is 2.67. The van der Waals surface area contributed by atoms with Gasteiger partial charge in [-0.15, -0.1) is 0 Å². The summed E-state index contributed by atoms with van der Waals surface area (Å²) in [7, 11) is 0. The van der Waals surface area contributed by atoms with Crippen LogP contribution in [-0.2, 0) is 0 Å². The van der Waals surface area contributed by atoms with Gasteiger partial charge in [0.25, 0.3) is 0 Å². The van der Waals surface area contributed by atoms with E-state index in [0.717, 1.165) is 24.5 Å². The molecule has 1 atom stereocenters. The number of ether oxygens (including phenoxy) is 1. The van der Waals surface area contributed by atoms with Crippen LogP contribution in [0.25, 0.3) is 0 Å². The van der Waals surface area contributed by atoms with Crippen LogP contribution in [-0.4, -0.2) is 41.3 Å². The highest BCUT2D eigenvalue weighted by Crippen LogP contribution is 2.45. The van der Waals surface area contributed by atoms with Crippen LogP contribution in [0.5, 0.6) is 5.75 Å². The number of piperidine rings is 1. The molecule has 0 aromatic heterocycles. The van der Waals surface area contributed by atoms with E-state index in [4.69, 9.17) is 21.4 Å². The van der Waals surface area contributed by atoms with Gasteiger partial charge in [-0.1, -0.05) is 17.7 Å². The molecule has 1 saturated carbocycles. The van der Waals surface area contributed by atoms with E-state index in [-0.39, 0.29) is 37.2 Å². The number of nitrogens with zero attached hydrogens (tertiary/aromatic N) is 1. The zero-order valence-electron chi connectivity index (χ0n) is 17.7. The van der Waals surface area contributed by atoms with E-state index < -0.39 is 28.8 Å². The average molecular weight is 468 g/mol. The molecular formula is C24H25ClF3NO3. The molecule has 4 nitrogen and oxygen atoms in total. The van der Waals surface area contributed by atoms with E-state index in [2.05, 4.69) is 4.90 Å². The van der Waals surface area contributed by atoms with Crippen molar-refractivity contribution < 1.29 is 27.8 Å². The Balaban J connectivity index is 1.40. The Morgan fingerprint density at radius 1 is 1.25 bits per heavy atom. The van der Waals surface area contributed by atoms with Crippen LogP contribution in [0.15, 0.2) is 30.3 Å². The van der Waals surface area contributed by atoms with Gasteiger partial charge in [0, 0.05) is 30.2 Å². The minimum atomic E-state index is -1.58. The monoisotopic (exact) mass is 467 g/mol. The Kier molecular flexibility index (Phi) is 6.41. The summed E-state index contributed by atoms with van der Waals surface area (Å²) < 4.78 is 48.7. The van der Waals surface area contributed by atoms with Crippen molar-refractivity contribution in [3.05, 3.63) is 63.7 Å². The molecule has 172 valence electrons. The average Bonchev–Trinajstić information content (AvgIpc) is 3.57. The van der Waals surface area contributed by atoms with E-state index in [9.17, 15) is 13.6 Å². The summed E-state index contributed by atoms with van der Waals surface area (Å²) >= 11 is 6.18. The summed E-state index contributed by atoms with van der Waals surface area (Å²) in [5.41, 5.74) is -0.551. The van der Waals surface area contributed by atoms with Gasteiger partial charge in [-0.25, -0.2) is 18.0 Å². The SMILES string of the molecule is CC(c1ccc(F)cc1Cl)N1CCC(F)(COc2cc(F)c(C(=O)O)cc2C2CC2)CC1. The number of aromatic carboxylic acids is 1. The Morgan fingerprint density at radius 3 is 2.53 bits per heavy atom. The van der Waals surface area contributed by atoms with Crippen molar-refractivity contribution >= 4 is 17.6 Å². The number of carbonyl (C=O) groups is 1. The molecule has 2 aromatic rings. The normalized spacial score (nSPS) is 19.5. The predicted molar refractivity (Wildman–Crippen MR) is 115 cm³/mol. The Bertz CT molecular complexity index is 1020. The third kappa shape index (κ3) is 4.89. The maximum absolute atomic E-state index is 15.5. The maximum Gasteiger partial charge on any atom is 0.338 e. The quantitative estimate of drug-likeness (QED) is 0.531. The van der Waals surface area contributed by atoms with Crippen LogP contribution in [0.4, 0.5) is 13.2 Å². The van der Waals surface area contributed by atoms with Crippen LogP contribution >= 0.6 is 11.6 Å². The van der Waals surface area contributed by atoms with E-state index in [0.29, 0.717) is 23.7 Å². The zero-order valence-corrected chi connectivity index (χ0v) is 18.5. The molecule has 8 heteroatoms. The summed E-state index contributed by atoms with van der Waals surface area (Å²) in [5, 5.41) is 9.51. The van der Waals surface area contributed by atoms with E-state index in [1.54, 1.807) is 6.07 Å². The van der Waals surface area contributed by atoms with Crippen molar-refractivity contribution in [1.82, 2.24) is 4.90 Å². The first-order valence-corrected chi connectivity index (χ1v) is 11.1. The number of benzene rings is 2. The molecule has 0 bridgehead atoms. The standard InChI is InChI=1S/C24H25ClF3NO3/c1-14(17-5-4-16(26)10-20(17)25)29-8-6-24(28,7-9-29)13-32-22-12-21(27)19(23(30)31)11-18(22)15-2-3-15/h4-5,10-12,14-15H,2-3,6-9,13H2,1H3,(H,30,31). The highest BCUT2D eigenvalue weighted by Gasteiger charge is 2.38. The van der Waals surface area contributed by atoms with Crippen molar-refractivity contribution in [3.8, 4) is 5.75 Å². The molecule has 1 N–H and O–H groups in total. The Hall–Kier alpha value is -2.25. The summed E-state index contributed by atoms with van der Waals surface area (Å²) in [6.07, 6.45) is 2.20. The lowest BCUT2D eigenvalue weighted by Gasteiger charge is -2.39. The molecule has 1 unspecified atom stereocenters. The third-order valence-corrected chi connectivity index (χ3v) is 6.82. The van der Waals surface area contributed by atoms with Crippen molar-refractivity contribution in [2.75, 3.05) is 19.7 Å². The molecule has 32 heavy (non-hydrogen) atoms. The molecular weight excluding hydrogens is 443 g/mol. The lowest BCUT2D eigenvalue weighted by atomic mass is 9.92. The van der Waals surface area contributed by atoms with Crippen LogP contribution in [0.2, 0.25) is 5.02 Å². The van der Waals surface area contributed by atoms with Gasteiger partial charge >= 0.3 is 5.97 Å². The van der Waals surface area contributed by atoms with Crippen LogP contribution in [0.3, 0.4) is 0 Å². The predicted octanol–water partition coefficient (Wildman–Crippen LogP) is 6.14. The fourth-order valence-electron chi connectivity index (χ4n) is 4.27. The molecule has 0 radical (unpaired) electrons. The van der Waals surface area contributed by atoms with E-state index in [1.807, 2.05) is 6.92 Å².